The van der Waals surface area contributed by atoms with Crippen LogP contribution in [0.4, 0.5) is 0 Å². The summed E-state index contributed by atoms with van der Waals surface area (Å²) in [6, 6.07) is 6.16. The molecule has 18 heavy (non-hydrogen) atoms. The molecule has 1 fully saturated rings. The lowest BCUT2D eigenvalue weighted by Crippen LogP contribution is -2.45. The monoisotopic (exact) mass is 250 g/mol. The van der Waals surface area contributed by atoms with Crippen LogP contribution in [-0.2, 0) is 6.54 Å². The SMILES string of the molecule is CC1CC(NCc2cccc(O)c2O)CCN1C. The van der Waals surface area contributed by atoms with Crippen LogP contribution in [0.3, 0.4) is 0 Å². The molecule has 2 unspecified atom stereocenters. The maximum Gasteiger partial charge on any atom is 0.161 e. The van der Waals surface area contributed by atoms with E-state index in [1.54, 1.807) is 6.07 Å². The second-order valence-electron chi connectivity index (χ2n) is 5.22. The first-order chi connectivity index (χ1) is 8.58. The van der Waals surface area contributed by atoms with Gasteiger partial charge in [0.1, 0.15) is 0 Å². The molecule has 4 heteroatoms. The standard InChI is InChI=1S/C14H22N2O2/c1-10-8-12(6-7-16(10)2)15-9-11-4-3-5-13(17)14(11)18/h3-5,10,12,15,17-18H,6-9H2,1-2H3. The molecule has 3 N–H and O–H groups in total. The number of rotatable bonds is 3. The van der Waals surface area contributed by atoms with E-state index in [2.05, 4.69) is 24.2 Å². The Morgan fingerprint density at radius 2 is 2.17 bits per heavy atom. The van der Waals surface area contributed by atoms with Crippen molar-refractivity contribution in [2.75, 3.05) is 13.6 Å². The lowest BCUT2D eigenvalue weighted by Gasteiger charge is -2.35. The highest BCUT2D eigenvalue weighted by molar-refractivity contribution is 5.44. The fraction of sp³-hybridized carbons (Fsp3) is 0.571. The first kappa shape index (κ1) is 13.2. The highest BCUT2D eigenvalue weighted by atomic mass is 16.3. The number of nitrogens with zero attached hydrogens (tertiary/aromatic N) is 1. The van der Waals surface area contributed by atoms with E-state index >= 15 is 0 Å². The quantitative estimate of drug-likeness (QED) is 0.714. The Bertz CT molecular complexity index is 409. The molecule has 1 saturated heterocycles. The van der Waals surface area contributed by atoms with Gasteiger partial charge in [0.05, 0.1) is 0 Å². The Balaban J connectivity index is 1.90. The van der Waals surface area contributed by atoms with Gasteiger partial charge in [-0.25, -0.2) is 0 Å². The third-order valence-corrected chi connectivity index (χ3v) is 3.89. The van der Waals surface area contributed by atoms with Gasteiger partial charge in [-0.3, -0.25) is 0 Å². The van der Waals surface area contributed by atoms with E-state index in [1.807, 2.05) is 6.07 Å². The number of aromatic hydroxyl groups is 2. The average Bonchev–Trinajstić information content (AvgIpc) is 2.35. The Morgan fingerprint density at radius 3 is 2.89 bits per heavy atom. The van der Waals surface area contributed by atoms with Crippen molar-refractivity contribution < 1.29 is 10.2 Å². The van der Waals surface area contributed by atoms with Crippen LogP contribution in [0.2, 0.25) is 0 Å². The van der Waals surface area contributed by atoms with Crippen LogP contribution in [0.25, 0.3) is 0 Å². The first-order valence-corrected chi connectivity index (χ1v) is 6.51. The minimum Gasteiger partial charge on any atom is -0.504 e. The van der Waals surface area contributed by atoms with Crippen molar-refractivity contribution in [1.82, 2.24) is 10.2 Å². The van der Waals surface area contributed by atoms with Crippen molar-refractivity contribution in [3.63, 3.8) is 0 Å². The molecule has 100 valence electrons. The van der Waals surface area contributed by atoms with Crippen LogP contribution in [-0.4, -0.2) is 40.8 Å². The van der Waals surface area contributed by atoms with E-state index in [4.69, 9.17) is 0 Å². The summed E-state index contributed by atoms with van der Waals surface area (Å²) in [6.07, 6.45) is 2.25. The zero-order valence-corrected chi connectivity index (χ0v) is 11.1. The third-order valence-electron chi connectivity index (χ3n) is 3.89. The predicted molar refractivity (Wildman–Crippen MR) is 71.7 cm³/mol. The molecule has 0 saturated carbocycles. The number of hydrogen-bond donors (Lipinski definition) is 3. The number of benzene rings is 1. The summed E-state index contributed by atoms with van der Waals surface area (Å²) in [6.45, 7) is 3.94. The van der Waals surface area contributed by atoms with Crippen LogP contribution in [0.1, 0.15) is 25.3 Å². The molecule has 2 atom stereocenters. The maximum atomic E-state index is 9.72. The van der Waals surface area contributed by atoms with Gasteiger partial charge in [0.15, 0.2) is 11.5 Å². The lowest BCUT2D eigenvalue weighted by molar-refractivity contribution is 0.168. The van der Waals surface area contributed by atoms with Crippen molar-refractivity contribution in [3.8, 4) is 11.5 Å². The third kappa shape index (κ3) is 2.94. The van der Waals surface area contributed by atoms with Gasteiger partial charge >= 0.3 is 0 Å². The van der Waals surface area contributed by atoms with Gasteiger partial charge in [-0.2, -0.15) is 0 Å². The second-order valence-corrected chi connectivity index (χ2v) is 5.22. The van der Waals surface area contributed by atoms with Crippen LogP contribution in [0, 0.1) is 0 Å². The van der Waals surface area contributed by atoms with E-state index in [0.29, 0.717) is 18.6 Å². The topological polar surface area (TPSA) is 55.7 Å². The van der Waals surface area contributed by atoms with Gasteiger partial charge < -0.3 is 20.4 Å². The Hall–Kier alpha value is -1.26. The molecule has 1 heterocycles. The van der Waals surface area contributed by atoms with Gasteiger partial charge in [-0.05, 0) is 39.4 Å². The smallest absolute Gasteiger partial charge is 0.161 e. The van der Waals surface area contributed by atoms with Crippen LogP contribution in [0.15, 0.2) is 18.2 Å². The molecule has 1 aromatic rings. The van der Waals surface area contributed by atoms with Crippen molar-refractivity contribution in [2.24, 2.45) is 0 Å². The summed E-state index contributed by atoms with van der Waals surface area (Å²) < 4.78 is 0. The van der Waals surface area contributed by atoms with Crippen molar-refractivity contribution >= 4 is 0 Å². The summed E-state index contributed by atoms with van der Waals surface area (Å²) in [5.74, 6) is -0.0583. The molecule has 1 aliphatic rings. The molecule has 4 nitrogen and oxygen atoms in total. The molecule has 0 aromatic heterocycles. The van der Waals surface area contributed by atoms with Gasteiger partial charge in [0, 0.05) is 24.2 Å². The summed E-state index contributed by atoms with van der Waals surface area (Å²) in [7, 11) is 2.15. The van der Waals surface area contributed by atoms with Gasteiger partial charge in [0.2, 0.25) is 0 Å². The summed E-state index contributed by atoms with van der Waals surface area (Å²) in [5.41, 5.74) is 0.751. The lowest BCUT2D eigenvalue weighted by atomic mass is 9.98. The van der Waals surface area contributed by atoms with Crippen LogP contribution in [0.5, 0.6) is 11.5 Å². The molecular weight excluding hydrogens is 228 g/mol. The Kier molecular flexibility index (Phi) is 4.09. The number of nitrogens with one attached hydrogen (secondary N) is 1. The normalized spacial score (nSPS) is 25.2. The van der Waals surface area contributed by atoms with E-state index in [1.165, 1.54) is 6.07 Å². The molecular formula is C14H22N2O2. The zero-order chi connectivity index (χ0) is 13.1. The molecule has 0 amide bonds. The first-order valence-electron chi connectivity index (χ1n) is 6.51. The summed E-state index contributed by atoms with van der Waals surface area (Å²) in [5, 5.41) is 22.6. The molecule has 1 aromatic carbocycles. The molecule has 2 rings (SSSR count). The summed E-state index contributed by atoms with van der Waals surface area (Å²) >= 11 is 0. The second kappa shape index (κ2) is 5.59. The number of phenolic OH excluding ortho intramolecular Hbond substituents is 2. The Labute approximate surface area is 108 Å². The average molecular weight is 250 g/mol. The largest absolute Gasteiger partial charge is 0.504 e. The van der Waals surface area contributed by atoms with E-state index in [9.17, 15) is 10.2 Å². The van der Waals surface area contributed by atoms with Gasteiger partial charge in [-0.1, -0.05) is 12.1 Å². The molecule has 0 bridgehead atoms. The van der Waals surface area contributed by atoms with Crippen molar-refractivity contribution in [2.45, 2.75) is 38.4 Å². The van der Waals surface area contributed by atoms with Crippen molar-refractivity contribution in [3.05, 3.63) is 23.8 Å². The van der Waals surface area contributed by atoms with Gasteiger partial charge in [0.25, 0.3) is 0 Å². The zero-order valence-electron chi connectivity index (χ0n) is 11.1. The van der Waals surface area contributed by atoms with E-state index < -0.39 is 0 Å². The predicted octanol–water partition coefficient (Wildman–Crippen LogP) is 1.67. The number of piperidine rings is 1. The van der Waals surface area contributed by atoms with Crippen LogP contribution >= 0.6 is 0 Å². The highest BCUT2D eigenvalue weighted by Gasteiger charge is 2.22. The maximum absolute atomic E-state index is 9.72. The number of phenols is 2. The highest BCUT2D eigenvalue weighted by Crippen LogP contribution is 2.28. The molecule has 0 aliphatic carbocycles. The Morgan fingerprint density at radius 1 is 1.39 bits per heavy atom. The van der Waals surface area contributed by atoms with Gasteiger partial charge in [-0.15, -0.1) is 0 Å². The number of para-hydroxylation sites is 1. The summed E-state index contributed by atoms with van der Waals surface area (Å²) in [4.78, 5) is 2.37. The minimum atomic E-state index is -0.0500. The molecule has 0 spiro atoms. The fourth-order valence-corrected chi connectivity index (χ4v) is 2.45. The molecule has 1 aliphatic heterocycles. The minimum absolute atomic E-state index is 0.00836. The van der Waals surface area contributed by atoms with Crippen molar-refractivity contribution in [1.29, 1.82) is 0 Å². The van der Waals surface area contributed by atoms with E-state index in [0.717, 1.165) is 24.9 Å². The fourth-order valence-electron chi connectivity index (χ4n) is 2.45. The van der Waals surface area contributed by atoms with Crippen LogP contribution < -0.4 is 5.32 Å². The van der Waals surface area contributed by atoms with E-state index in [-0.39, 0.29) is 11.5 Å². The molecule has 0 radical (unpaired) electrons. The number of likely N-dealkylation sites (tertiary alicyclic amines) is 1. The number of hydrogen-bond acceptors (Lipinski definition) is 4.